The first-order valence-corrected chi connectivity index (χ1v) is 10.2. The molecule has 1 saturated heterocycles. The summed E-state index contributed by atoms with van der Waals surface area (Å²) in [5.74, 6) is 2.04. The third-order valence-electron chi connectivity index (χ3n) is 4.96. The van der Waals surface area contributed by atoms with Crippen LogP contribution in [0.3, 0.4) is 0 Å². The molecule has 1 aliphatic rings. The van der Waals surface area contributed by atoms with E-state index < -0.39 is 0 Å². The second-order valence-electron chi connectivity index (χ2n) is 6.88. The number of likely N-dealkylation sites (tertiary alicyclic amines) is 1. The number of halogens is 1. The van der Waals surface area contributed by atoms with Crippen molar-refractivity contribution in [1.29, 1.82) is 0 Å². The smallest absolute Gasteiger partial charge is 0.322 e. The summed E-state index contributed by atoms with van der Waals surface area (Å²) in [6.45, 7) is 3.27. The van der Waals surface area contributed by atoms with Crippen LogP contribution >= 0.6 is 11.6 Å². The Hall–Kier alpha value is -2.60. The molecule has 1 aliphatic heterocycles. The molecule has 29 heavy (non-hydrogen) atoms. The van der Waals surface area contributed by atoms with Gasteiger partial charge in [0.15, 0.2) is 0 Å². The van der Waals surface area contributed by atoms with Gasteiger partial charge in [0.05, 0.1) is 32.6 Å². The number of methoxy groups -OCH3 is 2. The van der Waals surface area contributed by atoms with Gasteiger partial charge in [0.25, 0.3) is 0 Å². The lowest BCUT2D eigenvalue weighted by Gasteiger charge is -2.27. The van der Waals surface area contributed by atoms with E-state index in [0.29, 0.717) is 35.4 Å². The van der Waals surface area contributed by atoms with Gasteiger partial charge in [0.1, 0.15) is 17.2 Å². The number of amides is 2. The fourth-order valence-corrected chi connectivity index (χ4v) is 3.72. The maximum Gasteiger partial charge on any atom is 0.322 e. The number of benzene rings is 2. The van der Waals surface area contributed by atoms with Gasteiger partial charge in [-0.05, 0) is 49.6 Å². The van der Waals surface area contributed by atoms with Gasteiger partial charge in [-0.1, -0.05) is 18.5 Å². The summed E-state index contributed by atoms with van der Waals surface area (Å²) < 4.78 is 16.6. The lowest BCUT2D eigenvalue weighted by molar-refractivity contribution is 0.206. The van der Waals surface area contributed by atoms with Crippen LogP contribution in [0, 0.1) is 0 Å². The van der Waals surface area contributed by atoms with Gasteiger partial charge in [-0.15, -0.1) is 0 Å². The highest BCUT2D eigenvalue weighted by Gasteiger charge is 2.32. The van der Waals surface area contributed by atoms with Gasteiger partial charge in [-0.25, -0.2) is 4.79 Å². The number of carbonyl (C=O) groups excluding carboxylic acids is 1. The summed E-state index contributed by atoms with van der Waals surface area (Å²) in [6, 6.07) is 10.7. The quantitative estimate of drug-likeness (QED) is 0.643. The molecule has 6 nitrogen and oxygen atoms in total. The van der Waals surface area contributed by atoms with Gasteiger partial charge in [0, 0.05) is 23.2 Å². The van der Waals surface area contributed by atoms with E-state index in [1.807, 2.05) is 30.0 Å². The summed E-state index contributed by atoms with van der Waals surface area (Å²) in [5, 5.41) is 3.51. The summed E-state index contributed by atoms with van der Waals surface area (Å²) in [7, 11) is 3.24. The number of nitrogens with zero attached hydrogens (tertiary/aromatic N) is 1. The standard InChI is InChI=1S/C22H27ClN2O4/c1-4-12-29-20-10-7-15(23)13-18(20)24-22(26)25-11-5-6-19(25)17-9-8-16(27-2)14-21(17)28-3/h7-10,13-14,19H,4-6,11-12H2,1-3H3,(H,24,26). The van der Waals surface area contributed by atoms with Crippen molar-refractivity contribution >= 4 is 23.3 Å². The molecule has 1 fully saturated rings. The monoisotopic (exact) mass is 418 g/mol. The number of hydrogen-bond acceptors (Lipinski definition) is 4. The maximum atomic E-state index is 13.1. The van der Waals surface area contributed by atoms with Crippen molar-refractivity contribution in [3.8, 4) is 17.2 Å². The predicted octanol–water partition coefficient (Wildman–Crippen LogP) is 5.52. The van der Waals surface area contributed by atoms with Crippen LogP contribution in [-0.4, -0.2) is 38.3 Å². The molecule has 1 unspecified atom stereocenters. The van der Waals surface area contributed by atoms with E-state index in [1.54, 1.807) is 32.4 Å². The van der Waals surface area contributed by atoms with Crippen LogP contribution in [0.5, 0.6) is 17.2 Å². The van der Waals surface area contributed by atoms with Crippen molar-refractivity contribution in [3.05, 3.63) is 47.0 Å². The van der Waals surface area contributed by atoms with E-state index in [4.69, 9.17) is 25.8 Å². The number of rotatable bonds is 7. The highest BCUT2D eigenvalue weighted by molar-refractivity contribution is 6.31. The molecular formula is C22H27ClN2O4. The third-order valence-corrected chi connectivity index (χ3v) is 5.19. The first-order chi connectivity index (χ1) is 14.1. The van der Waals surface area contributed by atoms with Crippen LogP contribution < -0.4 is 19.5 Å². The highest BCUT2D eigenvalue weighted by atomic mass is 35.5. The van der Waals surface area contributed by atoms with Crippen molar-refractivity contribution in [2.24, 2.45) is 0 Å². The molecule has 2 aromatic rings. The van der Waals surface area contributed by atoms with Gasteiger partial charge < -0.3 is 24.4 Å². The van der Waals surface area contributed by atoms with Gasteiger partial charge in [-0.3, -0.25) is 0 Å². The molecule has 2 amide bonds. The Kier molecular flexibility index (Phi) is 7.09. The van der Waals surface area contributed by atoms with E-state index in [1.165, 1.54) is 0 Å². The van der Waals surface area contributed by atoms with Crippen molar-refractivity contribution in [3.63, 3.8) is 0 Å². The molecular weight excluding hydrogens is 392 g/mol. The molecule has 0 spiro atoms. The topological polar surface area (TPSA) is 60.0 Å². The maximum absolute atomic E-state index is 13.1. The van der Waals surface area contributed by atoms with Crippen LogP contribution in [-0.2, 0) is 0 Å². The summed E-state index contributed by atoms with van der Waals surface area (Å²) in [6.07, 6.45) is 2.66. The van der Waals surface area contributed by atoms with Gasteiger partial charge in [0.2, 0.25) is 0 Å². The fraction of sp³-hybridized carbons (Fsp3) is 0.409. The Morgan fingerprint density at radius 1 is 1.17 bits per heavy atom. The molecule has 1 heterocycles. The Labute approximate surface area is 176 Å². The average molecular weight is 419 g/mol. The largest absolute Gasteiger partial charge is 0.497 e. The first kappa shape index (κ1) is 21.1. The van der Waals surface area contributed by atoms with Crippen LogP contribution in [0.25, 0.3) is 0 Å². The van der Waals surface area contributed by atoms with Gasteiger partial charge in [-0.2, -0.15) is 0 Å². The third kappa shape index (κ3) is 4.88. The van der Waals surface area contributed by atoms with E-state index >= 15 is 0 Å². The molecule has 0 bridgehead atoms. The van der Waals surface area contributed by atoms with Crippen molar-refractivity contribution in [2.45, 2.75) is 32.2 Å². The van der Waals surface area contributed by atoms with E-state index in [2.05, 4.69) is 5.32 Å². The number of carbonyl (C=O) groups is 1. The Bertz CT molecular complexity index is 859. The van der Waals surface area contributed by atoms with Crippen LogP contribution in [0.1, 0.15) is 37.8 Å². The van der Waals surface area contributed by atoms with E-state index in [0.717, 1.165) is 30.6 Å². The number of anilines is 1. The van der Waals surface area contributed by atoms with Crippen molar-refractivity contribution in [1.82, 2.24) is 4.90 Å². The molecule has 3 rings (SSSR count). The molecule has 0 aromatic heterocycles. The Morgan fingerprint density at radius 2 is 2.00 bits per heavy atom. The predicted molar refractivity (Wildman–Crippen MR) is 114 cm³/mol. The van der Waals surface area contributed by atoms with Crippen LogP contribution in [0.4, 0.5) is 10.5 Å². The second kappa shape index (κ2) is 9.74. The SMILES string of the molecule is CCCOc1ccc(Cl)cc1NC(=O)N1CCCC1c1ccc(OC)cc1OC. The van der Waals surface area contributed by atoms with E-state index in [-0.39, 0.29) is 12.1 Å². The molecule has 0 aliphatic carbocycles. The summed E-state index contributed by atoms with van der Waals surface area (Å²) >= 11 is 6.14. The van der Waals surface area contributed by atoms with E-state index in [9.17, 15) is 4.79 Å². The van der Waals surface area contributed by atoms with Gasteiger partial charge >= 0.3 is 6.03 Å². The molecule has 1 N–H and O–H groups in total. The number of urea groups is 1. The zero-order chi connectivity index (χ0) is 20.8. The molecule has 7 heteroatoms. The molecule has 156 valence electrons. The highest BCUT2D eigenvalue weighted by Crippen LogP contribution is 2.39. The van der Waals surface area contributed by atoms with Crippen molar-refractivity contribution < 1.29 is 19.0 Å². The molecule has 0 radical (unpaired) electrons. The number of nitrogens with one attached hydrogen (secondary N) is 1. The normalized spacial score (nSPS) is 15.9. The minimum atomic E-state index is -0.186. The van der Waals surface area contributed by atoms with Crippen LogP contribution in [0.15, 0.2) is 36.4 Å². The molecule has 0 saturated carbocycles. The molecule has 2 aromatic carbocycles. The molecule has 1 atom stereocenters. The Morgan fingerprint density at radius 3 is 2.72 bits per heavy atom. The Balaban J connectivity index is 1.82. The zero-order valence-corrected chi connectivity index (χ0v) is 17.8. The van der Waals surface area contributed by atoms with Crippen molar-refractivity contribution in [2.75, 3.05) is 32.7 Å². The minimum Gasteiger partial charge on any atom is -0.497 e. The lowest BCUT2D eigenvalue weighted by Crippen LogP contribution is -2.34. The number of hydrogen-bond donors (Lipinski definition) is 1. The fourth-order valence-electron chi connectivity index (χ4n) is 3.55. The lowest BCUT2D eigenvalue weighted by atomic mass is 10.0. The van der Waals surface area contributed by atoms with Crippen LogP contribution in [0.2, 0.25) is 5.02 Å². The first-order valence-electron chi connectivity index (χ1n) is 9.79. The number of ether oxygens (including phenoxy) is 3. The summed E-state index contributed by atoms with van der Waals surface area (Å²) in [4.78, 5) is 14.9. The zero-order valence-electron chi connectivity index (χ0n) is 17.0. The average Bonchev–Trinajstić information content (AvgIpc) is 3.22. The summed E-state index contributed by atoms with van der Waals surface area (Å²) in [5.41, 5.74) is 1.54. The second-order valence-corrected chi connectivity index (χ2v) is 7.31. The minimum absolute atomic E-state index is 0.0740.